The molecule has 0 radical (unpaired) electrons. The maximum Gasteiger partial charge on any atom is 0.161 e. The Bertz CT molecular complexity index is 684. The van der Waals surface area contributed by atoms with Crippen molar-refractivity contribution in [3.63, 3.8) is 0 Å². The molecule has 4 heteroatoms. The van der Waals surface area contributed by atoms with E-state index in [9.17, 15) is 0 Å². The molecule has 2 aromatic carbocycles. The number of ether oxygens (including phenoxy) is 2. The molecule has 1 atom stereocenters. The van der Waals surface area contributed by atoms with E-state index in [-0.39, 0.29) is 0 Å². The Morgan fingerprint density at radius 3 is 2.48 bits per heavy atom. The number of piperidine rings is 1. The van der Waals surface area contributed by atoms with E-state index in [1.807, 2.05) is 24.3 Å². The van der Waals surface area contributed by atoms with Crippen LogP contribution in [0.1, 0.15) is 37.3 Å². The highest BCUT2D eigenvalue weighted by molar-refractivity contribution is 5.43. The first-order valence-corrected chi connectivity index (χ1v) is 10.0. The van der Waals surface area contributed by atoms with Crippen LogP contribution in [0.2, 0.25) is 0 Å². The minimum atomic E-state index is 0.471. The van der Waals surface area contributed by atoms with E-state index < -0.39 is 0 Å². The average molecular weight is 369 g/mol. The molecular formula is C23H32N2O2. The fourth-order valence-electron chi connectivity index (χ4n) is 3.57. The summed E-state index contributed by atoms with van der Waals surface area (Å²) in [7, 11) is 1.68. The van der Waals surface area contributed by atoms with Crippen LogP contribution < -0.4 is 14.8 Å². The van der Waals surface area contributed by atoms with Crippen LogP contribution in [0.3, 0.4) is 0 Å². The second-order valence-electron chi connectivity index (χ2n) is 7.40. The SMILES string of the molecule is COc1ccc(CNC(C)CN2CCCCC2)cc1OCc1ccccc1. The molecule has 1 fully saturated rings. The highest BCUT2D eigenvalue weighted by atomic mass is 16.5. The third kappa shape index (κ3) is 6.26. The molecule has 0 aliphatic carbocycles. The topological polar surface area (TPSA) is 33.7 Å². The van der Waals surface area contributed by atoms with Crippen molar-refractivity contribution >= 4 is 0 Å². The molecule has 2 aromatic rings. The molecular weight excluding hydrogens is 336 g/mol. The summed E-state index contributed by atoms with van der Waals surface area (Å²) in [6.07, 6.45) is 4.07. The first-order valence-electron chi connectivity index (χ1n) is 10.0. The molecule has 1 N–H and O–H groups in total. The van der Waals surface area contributed by atoms with Crippen LogP contribution in [0.25, 0.3) is 0 Å². The first kappa shape index (κ1) is 19.7. The number of hydrogen-bond donors (Lipinski definition) is 1. The number of rotatable bonds is 9. The van der Waals surface area contributed by atoms with E-state index >= 15 is 0 Å². The molecule has 4 nitrogen and oxygen atoms in total. The van der Waals surface area contributed by atoms with Gasteiger partial charge in [-0.2, -0.15) is 0 Å². The van der Waals surface area contributed by atoms with Crippen molar-refractivity contribution in [2.24, 2.45) is 0 Å². The van der Waals surface area contributed by atoms with Gasteiger partial charge in [-0.3, -0.25) is 0 Å². The molecule has 1 aliphatic rings. The second-order valence-corrected chi connectivity index (χ2v) is 7.40. The summed E-state index contributed by atoms with van der Waals surface area (Å²) in [5.74, 6) is 1.57. The van der Waals surface area contributed by atoms with Gasteiger partial charge in [-0.25, -0.2) is 0 Å². The number of hydrogen-bond acceptors (Lipinski definition) is 4. The zero-order chi connectivity index (χ0) is 18.9. The Labute approximate surface area is 163 Å². The molecule has 3 rings (SSSR count). The lowest BCUT2D eigenvalue weighted by Gasteiger charge is -2.29. The van der Waals surface area contributed by atoms with E-state index in [0.29, 0.717) is 12.6 Å². The molecule has 1 heterocycles. The van der Waals surface area contributed by atoms with Gasteiger partial charge in [-0.1, -0.05) is 42.8 Å². The lowest BCUT2D eigenvalue weighted by Crippen LogP contribution is -2.41. The Morgan fingerprint density at radius 2 is 1.74 bits per heavy atom. The van der Waals surface area contributed by atoms with Crippen LogP contribution in [0, 0.1) is 0 Å². The van der Waals surface area contributed by atoms with Gasteiger partial charge in [0.1, 0.15) is 6.61 Å². The largest absolute Gasteiger partial charge is 0.493 e. The molecule has 0 amide bonds. The number of nitrogens with one attached hydrogen (secondary N) is 1. The minimum absolute atomic E-state index is 0.471. The fourth-order valence-corrected chi connectivity index (χ4v) is 3.57. The summed E-state index contributed by atoms with van der Waals surface area (Å²) in [6.45, 7) is 7.25. The van der Waals surface area contributed by atoms with Gasteiger partial charge >= 0.3 is 0 Å². The van der Waals surface area contributed by atoms with Gasteiger partial charge in [0.05, 0.1) is 7.11 Å². The van der Waals surface area contributed by atoms with Crippen molar-refractivity contribution in [1.29, 1.82) is 0 Å². The number of likely N-dealkylation sites (tertiary alicyclic amines) is 1. The summed E-state index contributed by atoms with van der Waals surface area (Å²) < 4.78 is 11.5. The minimum Gasteiger partial charge on any atom is -0.493 e. The number of nitrogens with zero attached hydrogens (tertiary/aromatic N) is 1. The van der Waals surface area contributed by atoms with Crippen LogP contribution in [-0.2, 0) is 13.2 Å². The molecule has 27 heavy (non-hydrogen) atoms. The van der Waals surface area contributed by atoms with Gasteiger partial charge in [0.15, 0.2) is 11.5 Å². The fraction of sp³-hybridized carbons (Fsp3) is 0.478. The van der Waals surface area contributed by atoms with Gasteiger partial charge in [-0.05, 0) is 56.1 Å². The van der Waals surface area contributed by atoms with Crippen molar-refractivity contribution in [3.05, 3.63) is 59.7 Å². The lowest BCUT2D eigenvalue weighted by atomic mass is 10.1. The zero-order valence-corrected chi connectivity index (χ0v) is 16.6. The van der Waals surface area contributed by atoms with Crippen molar-refractivity contribution in [2.75, 3.05) is 26.7 Å². The maximum atomic E-state index is 6.02. The van der Waals surface area contributed by atoms with Crippen LogP contribution in [-0.4, -0.2) is 37.7 Å². The summed E-state index contributed by atoms with van der Waals surface area (Å²) in [5, 5.41) is 3.65. The van der Waals surface area contributed by atoms with Crippen molar-refractivity contribution in [2.45, 2.75) is 45.4 Å². The summed E-state index contributed by atoms with van der Waals surface area (Å²) in [6, 6.07) is 16.9. The highest BCUT2D eigenvalue weighted by Crippen LogP contribution is 2.29. The standard InChI is InChI=1S/C23H32N2O2/c1-19(17-25-13-7-4-8-14-25)24-16-21-11-12-22(26-2)23(15-21)27-18-20-9-5-3-6-10-20/h3,5-6,9-12,15,19,24H,4,7-8,13-14,16-18H2,1-2H3. The van der Waals surface area contributed by atoms with Crippen molar-refractivity contribution in [1.82, 2.24) is 10.2 Å². The van der Waals surface area contributed by atoms with E-state index in [2.05, 4.69) is 41.4 Å². The predicted octanol–water partition coefficient (Wildman–Crippen LogP) is 4.24. The Hall–Kier alpha value is -2.04. The number of methoxy groups -OCH3 is 1. The molecule has 1 aliphatic heterocycles. The van der Waals surface area contributed by atoms with Crippen LogP contribution in [0.15, 0.2) is 48.5 Å². The Kier molecular flexibility index (Phi) is 7.55. The first-order chi connectivity index (χ1) is 13.2. The van der Waals surface area contributed by atoms with Crippen LogP contribution in [0.5, 0.6) is 11.5 Å². The average Bonchev–Trinajstić information content (AvgIpc) is 2.72. The van der Waals surface area contributed by atoms with Crippen molar-refractivity contribution < 1.29 is 9.47 Å². The molecule has 0 bridgehead atoms. The predicted molar refractivity (Wildman–Crippen MR) is 110 cm³/mol. The maximum absolute atomic E-state index is 6.02. The molecule has 1 saturated heterocycles. The lowest BCUT2D eigenvalue weighted by molar-refractivity contribution is 0.209. The van der Waals surface area contributed by atoms with Gasteiger partial charge < -0.3 is 19.7 Å². The van der Waals surface area contributed by atoms with Crippen molar-refractivity contribution in [3.8, 4) is 11.5 Å². The van der Waals surface area contributed by atoms with E-state index in [4.69, 9.17) is 9.47 Å². The number of benzene rings is 2. The summed E-state index contributed by atoms with van der Waals surface area (Å²) >= 11 is 0. The smallest absolute Gasteiger partial charge is 0.161 e. The zero-order valence-electron chi connectivity index (χ0n) is 16.6. The molecule has 0 aromatic heterocycles. The van der Waals surface area contributed by atoms with E-state index in [0.717, 1.165) is 30.2 Å². The van der Waals surface area contributed by atoms with Gasteiger partial charge in [0.2, 0.25) is 0 Å². The Balaban J connectivity index is 1.53. The third-order valence-corrected chi connectivity index (χ3v) is 5.10. The normalized spacial score (nSPS) is 16.1. The Morgan fingerprint density at radius 1 is 0.963 bits per heavy atom. The van der Waals surface area contributed by atoms with Crippen LogP contribution >= 0.6 is 0 Å². The van der Waals surface area contributed by atoms with E-state index in [1.54, 1.807) is 7.11 Å². The second kappa shape index (κ2) is 10.3. The molecule has 146 valence electrons. The highest BCUT2D eigenvalue weighted by Gasteiger charge is 2.13. The summed E-state index contributed by atoms with van der Waals surface area (Å²) in [4.78, 5) is 2.57. The third-order valence-electron chi connectivity index (χ3n) is 5.10. The van der Waals surface area contributed by atoms with Gasteiger partial charge in [0.25, 0.3) is 0 Å². The van der Waals surface area contributed by atoms with E-state index in [1.165, 1.54) is 37.9 Å². The van der Waals surface area contributed by atoms with Crippen LogP contribution in [0.4, 0.5) is 0 Å². The van der Waals surface area contributed by atoms with Gasteiger partial charge in [-0.15, -0.1) is 0 Å². The summed E-state index contributed by atoms with van der Waals surface area (Å²) in [5.41, 5.74) is 2.36. The monoisotopic (exact) mass is 368 g/mol. The molecule has 0 saturated carbocycles. The quantitative estimate of drug-likeness (QED) is 0.718. The molecule has 0 spiro atoms. The molecule has 1 unspecified atom stereocenters. The van der Waals surface area contributed by atoms with Gasteiger partial charge in [0, 0.05) is 19.1 Å².